The van der Waals surface area contributed by atoms with Crippen molar-refractivity contribution in [3.05, 3.63) is 52.0 Å². The molecule has 1 heterocycles. The zero-order chi connectivity index (χ0) is 16.2. The van der Waals surface area contributed by atoms with E-state index in [9.17, 15) is 5.11 Å². The predicted molar refractivity (Wildman–Crippen MR) is 94.9 cm³/mol. The number of aromatic hydroxyl groups is 1. The number of halogens is 2. The standard InChI is InChI=1S/C17H18Cl2N2O2/c18-14-9-13(10-15(19)17(14)22)20-11-12-3-1-2-4-16(12)21-5-7-23-8-6-21/h1-4,9-10,20,22H,5-8,11H2. The fourth-order valence-electron chi connectivity index (χ4n) is 2.64. The molecule has 6 heteroatoms. The number of rotatable bonds is 4. The number of anilines is 2. The fourth-order valence-corrected chi connectivity index (χ4v) is 3.12. The molecule has 0 spiro atoms. The van der Waals surface area contributed by atoms with Crippen LogP contribution in [0.1, 0.15) is 5.56 Å². The Morgan fingerprint density at radius 3 is 2.43 bits per heavy atom. The van der Waals surface area contributed by atoms with Crippen molar-refractivity contribution in [2.75, 3.05) is 36.5 Å². The van der Waals surface area contributed by atoms with E-state index >= 15 is 0 Å². The average molecular weight is 353 g/mol. The SMILES string of the molecule is Oc1c(Cl)cc(NCc2ccccc2N2CCOCC2)cc1Cl. The first kappa shape index (κ1) is 16.2. The van der Waals surface area contributed by atoms with Crippen LogP contribution in [-0.4, -0.2) is 31.4 Å². The van der Waals surface area contributed by atoms with Crippen molar-refractivity contribution < 1.29 is 9.84 Å². The van der Waals surface area contributed by atoms with Gasteiger partial charge in [0.15, 0.2) is 5.75 Å². The van der Waals surface area contributed by atoms with E-state index in [0.717, 1.165) is 32.0 Å². The van der Waals surface area contributed by atoms with Gasteiger partial charge in [-0.2, -0.15) is 0 Å². The summed E-state index contributed by atoms with van der Waals surface area (Å²) in [6, 6.07) is 11.6. The van der Waals surface area contributed by atoms with E-state index in [1.165, 1.54) is 11.3 Å². The molecule has 122 valence electrons. The molecule has 0 amide bonds. The average Bonchev–Trinajstić information content (AvgIpc) is 2.59. The minimum atomic E-state index is -0.0902. The molecule has 0 radical (unpaired) electrons. The van der Waals surface area contributed by atoms with Crippen LogP contribution in [0.5, 0.6) is 5.75 Å². The number of nitrogens with zero attached hydrogens (tertiary/aromatic N) is 1. The molecular formula is C17H18Cl2N2O2. The van der Waals surface area contributed by atoms with E-state index in [0.29, 0.717) is 6.54 Å². The van der Waals surface area contributed by atoms with Crippen molar-refractivity contribution in [3.8, 4) is 5.75 Å². The lowest BCUT2D eigenvalue weighted by Crippen LogP contribution is -2.36. The Labute approximate surface area is 145 Å². The molecule has 1 fully saturated rings. The Bertz CT molecular complexity index is 665. The van der Waals surface area contributed by atoms with Crippen molar-refractivity contribution >= 4 is 34.6 Å². The molecule has 2 aromatic carbocycles. The van der Waals surface area contributed by atoms with E-state index in [1.54, 1.807) is 12.1 Å². The van der Waals surface area contributed by atoms with Crippen LogP contribution < -0.4 is 10.2 Å². The molecule has 0 saturated carbocycles. The van der Waals surface area contributed by atoms with Gasteiger partial charge in [0.25, 0.3) is 0 Å². The minimum Gasteiger partial charge on any atom is -0.505 e. The molecule has 4 nitrogen and oxygen atoms in total. The summed E-state index contributed by atoms with van der Waals surface area (Å²) in [7, 11) is 0. The topological polar surface area (TPSA) is 44.7 Å². The van der Waals surface area contributed by atoms with E-state index in [4.69, 9.17) is 27.9 Å². The summed E-state index contributed by atoms with van der Waals surface area (Å²) in [5.74, 6) is -0.0902. The van der Waals surface area contributed by atoms with Gasteiger partial charge in [-0.1, -0.05) is 41.4 Å². The molecule has 3 rings (SSSR count). The maximum atomic E-state index is 9.62. The molecule has 0 atom stereocenters. The summed E-state index contributed by atoms with van der Waals surface area (Å²) in [5.41, 5.74) is 3.17. The first-order chi connectivity index (χ1) is 11.1. The van der Waals surface area contributed by atoms with Gasteiger partial charge in [-0.05, 0) is 23.8 Å². The lowest BCUT2D eigenvalue weighted by Gasteiger charge is -2.30. The molecule has 0 bridgehead atoms. The largest absolute Gasteiger partial charge is 0.505 e. The zero-order valence-electron chi connectivity index (χ0n) is 12.6. The second-order valence-corrected chi connectivity index (χ2v) is 6.18. The van der Waals surface area contributed by atoms with Crippen molar-refractivity contribution in [1.82, 2.24) is 0 Å². The molecule has 0 aromatic heterocycles. The lowest BCUT2D eigenvalue weighted by molar-refractivity contribution is 0.122. The third-order valence-corrected chi connectivity index (χ3v) is 4.42. The molecule has 23 heavy (non-hydrogen) atoms. The van der Waals surface area contributed by atoms with Crippen LogP contribution in [0.25, 0.3) is 0 Å². The molecule has 1 saturated heterocycles. The van der Waals surface area contributed by atoms with Gasteiger partial charge >= 0.3 is 0 Å². The summed E-state index contributed by atoms with van der Waals surface area (Å²) in [6.45, 7) is 3.95. The minimum absolute atomic E-state index is 0.0902. The number of ether oxygens (including phenoxy) is 1. The molecule has 0 aliphatic carbocycles. The third kappa shape index (κ3) is 3.83. The van der Waals surface area contributed by atoms with Gasteiger partial charge in [0.05, 0.1) is 23.3 Å². The summed E-state index contributed by atoms with van der Waals surface area (Å²) in [4.78, 5) is 2.33. The second kappa shape index (κ2) is 7.30. The Morgan fingerprint density at radius 2 is 1.74 bits per heavy atom. The maximum absolute atomic E-state index is 9.62. The van der Waals surface area contributed by atoms with Gasteiger partial charge in [-0.15, -0.1) is 0 Å². The maximum Gasteiger partial charge on any atom is 0.152 e. The van der Waals surface area contributed by atoms with E-state index in [-0.39, 0.29) is 15.8 Å². The fraction of sp³-hybridized carbons (Fsp3) is 0.294. The van der Waals surface area contributed by atoms with Crippen molar-refractivity contribution in [3.63, 3.8) is 0 Å². The number of nitrogens with one attached hydrogen (secondary N) is 1. The lowest BCUT2D eigenvalue weighted by atomic mass is 10.1. The van der Waals surface area contributed by atoms with Crippen molar-refractivity contribution in [2.24, 2.45) is 0 Å². The number of hydrogen-bond donors (Lipinski definition) is 2. The van der Waals surface area contributed by atoms with Gasteiger partial charge in [0.2, 0.25) is 0 Å². The van der Waals surface area contributed by atoms with Gasteiger partial charge < -0.3 is 20.1 Å². The number of benzene rings is 2. The Kier molecular flexibility index (Phi) is 5.16. The third-order valence-electron chi connectivity index (χ3n) is 3.84. The number of phenolic OH excluding ortho intramolecular Hbond substituents is 1. The zero-order valence-corrected chi connectivity index (χ0v) is 14.1. The molecule has 2 N–H and O–H groups in total. The van der Waals surface area contributed by atoms with Crippen LogP contribution in [0.3, 0.4) is 0 Å². The van der Waals surface area contributed by atoms with E-state index < -0.39 is 0 Å². The molecule has 2 aromatic rings. The Balaban J connectivity index is 1.76. The first-order valence-electron chi connectivity index (χ1n) is 7.47. The molecular weight excluding hydrogens is 335 g/mol. The smallest absolute Gasteiger partial charge is 0.152 e. The molecule has 1 aliphatic rings. The highest BCUT2D eigenvalue weighted by atomic mass is 35.5. The quantitative estimate of drug-likeness (QED) is 0.811. The number of morpholine rings is 1. The monoisotopic (exact) mass is 352 g/mol. The summed E-state index contributed by atoms with van der Waals surface area (Å²) < 4.78 is 5.42. The van der Waals surface area contributed by atoms with Crippen LogP contribution in [-0.2, 0) is 11.3 Å². The molecule has 0 unspecified atom stereocenters. The van der Waals surface area contributed by atoms with Gasteiger partial charge in [-0.25, -0.2) is 0 Å². The summed E-state index contributed by atoms with van der Waals surface area (Å²) >= 11 is 11.9. The van der Waals surface area contributed by atoms with Crippen molar-refractivity contribution in [1.29, 1.82) is 0 Å². The Hall–Kier alpha value is -1.62. The second-order valence-electron chi connectivity index (χ2n) is 5.37. The predicted octanol–water partition coefficient (Wildman–Crippen LogP) is 4.15. The van der Waals surface area contributed by atoms with Crippen LogP contribution in [0.15, 0.2) is 36.4 Å². The highest BCUT2D eigenvalue weighted by molar-refractivity contribution is 6.37. The number of phenols is 1. The Morgan fingerprint density at radius 1 is 1.09 bits per heavy atom. The van der Waals surface area contributed by atoms with E-state index in [1.807, 2.05) is 12.1 Å². The number of hydrogen-bond acceptors (Lipinski definition) is 4. The van der Waals surface area contributed by atoms with Gasteiger partial charge in [0, 0.05) is 31.0 Å². The first-order valence-corrected chi connectivity index (χ1v) is 8.23. The highest BCUT2D eigenvalue weighted by Crippen LogP contribution is 2.35. The van der Waals surface area contributed by atoms with Crippen LogP contribution in [0.4, 0.5) is 11.4 Å². The van der Waals surface area contributed by atoms with Gasteiger partial charge in [-0.3, -0.25) is 0 Å². The van der Waals surface area contributed by atoms with Crippen LogP contribution in [0.2, 0.25) is 10.0 Å². The molecule has 1 aliphatic heterocycles. The normalized spacial score (nSPS) is 14.8. The highest BCUT2D eigenvalue weighted by Gasteiger charge is 2.14. The van der Waals surface area contributed by atoms with Crippen molar-refractivity contribution in [2.45, 2.75) is 6.54 Å². The van der Waals surface area contributed by atoms with Crippen LogP contribution in [0, 0.1) is 0 Å². The van der Waals surface area contributed by atoms with Crippen LogP contribution >= 0.6 is 23.2 Å². The van der Waals surface area contributed by atoms with E-state index in [2.05, 4.69) is 22.3 Å². The van der Waals surface area contributed by atoms with Gasteiger partial charge in [0.1, 0.15) is 0 Å². The summed E-state index contributed by atoms with van der Waals surface area (Å²) in [5, 5.41) is 13.4. The summed E-state index contributed by atoms with van der Waals surface area (Å²) in [6.07, 6.45) is 0. The number of para-hydroxylation sites is 1.